The molecule has 6 nitrogen and oxygen atoms in total. The van der Waals surface area contributed by atoms with E-state index in [2.05, 4.69) is 15.2 Å². The maximum absolute atomic E-state index is 12.1. The van der Waals surface area contributed by atoms with Crippen LogP contribution in [0.4, 0.5) is 0 Å². The summed E-state index contributed by atoms with van der Waals surface area (Å²) in [5, 5.41) is 6.44. The molecule has 0 radical (unpaired) electrons. The molecule has 0 bridgehead atoms. The van der Waals surface area contributed by atoms with Gasteiger partial charge in [-0.2, -0.15) is 5.10 Å². The van der Waals surface area contributed by atoms with E-state index in [-0.39, 0.29) is 5.91 Å². The second kappa shape index (κ2) is 5.42. The fourth-order valence-electron chi connectivity index (χ4n) is 1.65. The molecule has 94 valence electrons. The van der Waals surface area contributed by atoms with Crippen molar-refractivity contribution in [1.29, 1.82) is 0 Å². The molecule has 1 atom stereocenters. The van der Waals surface area contributed by atoms with Gasteiger partial charge in [0.25, 0.3) is 0 Å². The molecule has 0 aliphatic rings. The van der Waals surface area contributed by atoms with Gasteiger partial charge in [-0.1, -0.05) is 30.3 Å². The molecule has 3 N–H and O–H groups in total. The molecule has 0 saturated heterocycles. The number of benzene rings is 1. The molecule has 0 fully saturated rings. The van der Waals surface area contributed by atoms with Crippen LogP contribution in [0, 0.1) is 0 Å². The lowest BCUT2D eigenvalue weighted by Gasteiger charge is -2.20. The van der Waals surface area contributed by atoms with Crippen LogP contribution in [0.25, 0.3) is 0 Å². The summed E-state index contributed by atoms with van der Waals surface area (Å²) in [6.07, 6.45) is 1.41. The molecule has 18 heavy (non-hydrogen) atoms. The molecule has 0 spiro atoms. The predicted molar refractivity (Wildman–Crippen MR) is 66.2 cm³/mol. The Morgan fingerprint density at radius 1 is 1.44 bits per heavy atom. The number of nitrogens with two attached hydrogens (primary N) is 1. The molecule has 0 saturated carbocycles. The van der Waals surface area contributed by atoms with E-state index in [1.165, 1.54) is 11.2 Å². The number of carbonyl (C=O) groups excluding carboxylic acids is 1. The van der Waals surface area contributed by atoms with Crippen molar-refractivity contribution in [3.8, 4) is 0 Å². The number of aromatic amines is 1. The van der Waals surface area contributed by atoms with Crippen molar-refractivity contribution < 1.29 is 4.79 Å². The van der Waals surface area contributed by atoms with E-state index in [4.69, 9.17) is 5.73 Å². The number of hydrogen-bond acceptors (Lipinski definition) is 4. The average molecular weight is 245 g/mol. The maximum atomic E-state index is 12.1. The van der Waals surface area contributed by atoms with Gasteiger partial charge in [0.1, 0.15) is 18.2 Å². The van der Waals surface area contributed by atoms with Gasteiger partial charge in [-0.15, -0.1) is 0 Å². The van der Waals surface area contributed by atoms with Crippen LogP contribution in [0.3, 0.4) is 0 Å². The van der Waals surface area contributed by atoms with Crippen molar-refractivity contribution in [2.75, 3.05) is 7.05 Å². The quantitative estimate of drug-likeness (QED) is 0.819. The number of hydrogen-bond donors (Lipinski definition) is 2. The van der Waals surface area contributed by atoms with Gasteiger partial charge in [0.2, 0.25) is 5.91 Å². The molecule has 1 amide bonds. The van der Waals surface area contributed by atoms with E-state index >= 15 is 0 Å². The zero-order valence-corrected chi connectivity index (χ0v) is 10.1. The third kappa shape index (κ3) is 2.72. The number of nitrogens with one attached hydrogen (secondary N) is 1. The standard InChI is InChI=1S/C12H15N5O/c1-17(7-10-14-8-15-16-10)12(18)11(13)9-5-3-2-4-6-9/h2-6,8,11H,7,13H2,1H3,(H,14,15,16). The maximum Gasteiger partial charge on any atom is 0.244 e. The van der Waals surface area contributed by atoms with E-state index in [1.807, 2.05) is 30.3 Å². The van der Waals surface area contributed by atoms with Gasteiger partial charge >= 0.3 is 0 Å². The summed E-state index contributed by atoms with van der Waals surface area (Å²) in [7, 11) is 1.69. The number of likely N-dealkylation sites (N-methyl/N-ethyl adjacent to an activating group) is 1. The van der Waals surface area contributed by atoms with Crippen LogP contribution in [0.5, 0.6) is 0 Å². The van der Waals surface area contributed by atoms with Crippen LogP contribution >= 0.6 is 0 Å². The second-order valence-electron chi connectivity index (χ2n) is 4.01. The molecule has 2 aromatic rings. The van der Waals surface area contributed by atoms with Crippen molar-refractivity contribution >= 4 is 5.91 Å². The average Bonchev–Trinajstić information content (AvgIpc) is 2.91. The van der Waals surface area contributed by atoms with E-state index in [0.717, 1.165) is 5.56 Å². The molecule has 0 aliphatic carbocycles. The summed E-state index contributed by atoms with van der Waals surface area (Å²) in [5.74, 6) is 0.476. The SMILES string of the molecule is CN(Cc1ncn[nH]1)C(=O)C(N)c1ccccc1. The summed E-state index contributed by atoms with van der Waals surface area (Å²) in [6, 6.07) is 8.63. The highest BCUT2D eigenvalue weighted by atomic mass is 16.2. The van der Waals surface area contributed by atoms with Crippen molar-refractivity contribution in [3.05, 3.63) is 48.0 Å². The van der Waals surface area contributed by atoms with Crippen LogP contribution in [0.2, 0.25) is 0 Å². The largest absolute Gasteiger partial charge is 0.337 e. The van der Waals surface area contributed by atoms with Gasteiger partial charge in [-0.05, 0) is 5.56 Å². The van der Waals surface area contributed by atoms with Gasteiger partial charge in [0.15, 0.2) is 0 Å². The number of amides is 1. The summed E-state index contributed by atoms with van der Waals surface area (Å²) in [6.45, 7) is 0.360. The van der Waals surface area contributed by atoms with Crippen LogP contribution in [-0.2, 0) is 11.3 Å². The Hall–Kier alpha value is -2.21. The summed E-state index contributed by atoms with van der Waals surface area (Å²) >= 11 is 0. The highest BCUT2D eigenvalue weighted by Gasteiger charge is 2.20. The number of nitrogens with zero attached hydrogens (tertiary/aromatic N) is 3. The van der Waals surface area contributed by atoms with E-state index < -0.39 is 6.04 Å². The fourth-order valence-corrected chi connectivity index (χ4v) is 1.65. The molecule has 1 heterocycles. The van der Waals surface area contributed by atoms with Gasteiger partial charge in [-0.3, -0.25) is 9.89 Å². The Labute approximate surface area is 105 Å². The van der Waals surface area contributed by atoms with Gasteiger partial charge in [-0.25, -0.2) is 4.98 Å². The van der Waals surface area contributed by atoms with Crippen LogP contribution in [-0.4, -0.2) is 33.0 Å². The minimum Gasteiger partial charge on any atom is -0.337 e. The zero-order valence-electron chi connectivity index (χ0n) is 10.1. The first-order chi connectivity index (χ1) is 8.68. The highest BCUT2D eigenvalue weighted by Crippen LogP contribution is 2.12. The smallest absolute Gasteiger partial charge is 0.244 e. The van der Waals surface area contributed by atoms with E-state index in [0.29, 0.717) is 12.4 Å². The van der Waals surface area contributed by atoms with Crippen molar-refractivity contribution in [1.82, 2.24) is 20.1 Å². The number of H-pyrrole nitrogens is 1. The molecule has 1 unspecified atom stereocenters. The van der Waals surface area contributed by atoms with Crippen LogP contribution < -0.4 is 5.73 Å². The number of aromatic nitrogens is 3. The minimum absolute atomic E-state index is 0.155. The highest BCUT2D eigenvalue weighted by molar-refractivity contribution is 5.82. The van der Waals surface area contributed by atoms with E-state index in [1.54, 1.807) is 7.05 Å². The lowest BCUT2D eigenvalue weighted by molar-refractivity contribution is -0.132. The Kier molecular flexibility index (Phi) is 3.69. The Morgan fingerprint density at radius 3 is 2.78 bits per heavy atom. The number of rotatable bonds is 4. The first kappa shape index (κ1) is 12.3. The molecular weight excluding hydrogens is 230 g/mol. The molecule has 1 aromatic carbocycles. The summed E-state index contributed by atoms with van der Waals surface area (Å²) < 4.78 is 0. The second-order valence-corrected chi connectivity index (χ2v) is 4.01. The van der Waals surface area contributed by atoms with Crippen LogP contribution in [0.1, 0.15) is 17.4 Å². The fraction of sp³-hybridized carbons (Fsp3) is 0.250. The predicted octanol–water partition coefficient (Wildman–Crippen LogP) is 0.463. The summed E-state index contributed by atoms with van der Waals surface area (Å²) in [4.78, 5) is 17.6. The Balaban J connectivity index is 2.02. The normalized spacial score (nSPS) is 12.1. The topological polar surface area (TPSA) is 87.9 Å². The lowest BCUT2D eigenvalue weighted by atomic mass is 10.1. The van der Waals surface area contributed by atoms with Crippen molar-refractivity contribution in [3.63, 3.8) is 0 Å². The van der Waals surface area contributed by atoms with Gasteiger partial charge in [0, 0.05) is 7.05 Å². The monoisotopic (exact) mass is 245 g/mol. The lowest BCUT2D eigenvalue weighted by Crippen LogP contribution is -2.35. The Bertz CT molecular complexity index is 496. The molecule has 1 aromatic heterocycles. The molecular formula is C12H15N5O. The Morgan fingerprint density at radius 2 is 2.17 bits per heavy atom. The first-order valence-corrected chi connectivity index (χ1v) is 5.58. The third-order valence-electron chi connectivity index (χ3n) is 2.65. The van der Waals surface area contributed by atoms with E-state index in [9.17, 15) is 4.79 Å². The third-order valence-corrected chi connectivity index (χ3v) is 2.65. The molecule has 2 rings (SSSR count). The molecule has 6 heteroatoms. The minimum atomic E-state index is -0.654. The zero-order chi connectivity index (χ0) is 13.0. The number of carbonyl (C=O) groups is 1. The van der Waals surface area contributed by atoms with Crippen LogP contribution in [0.15, 0.2) is 36.7 Å². The first-order valence-electron chi connectivity index (χ1n) is 5.58. The van der Waals surface area contributed by atoms with Crippen molar-refractivity contribution in [2.24, 2.45) is 5.73 Å². The van der Waals surface area contributed by atoms with Crippen molar-refractivity contribution in [2.45, 2.75) is 12.6 Å². The summed E-state index contributed by atoms with van der Waals surface area (Å²) in [5.41, 5.74) is 6.73. The van der Waals surface area contributed by atoms with Gasteiger partial charge in [0.05, 0.1) is 6.54 Å². The van der Waals surface area contributed by atoms with Gasteiger partial charge < -0.3 is 10.6 Å². The molecule has 0 aliphatic heterocycles.